The highest BCUT2D eigenvalue weighted by Crippen LogP contribution is 2.26. The Labute approximate surface area is 137 Å². The minimum Gasteiger partial charge on any atom is -0.504 e. The van der Waals surface area contributed by atoms with E-state index in [2.05, 4.69) is 10.6 Å². The van der Waals surface area contributed by atoms with Crippen LogP contribution in [0.2, 0.25) is 0 Å². The van der Waals surface area contributed by atoms with Gasteiger partial charge in [-0.25, -0.2) is 0 Å². The van der Waals surface area contributed by atoms with Crippen molar-refractivity contribution in [2.24, 2.45) is 5.73 Å². The van der Waals surface area contributed by atoms with Crippen LogP contribution in [0.4, 0.5) is 0 Å². The van der Waals surface area contributed by atoms with E-state index in [1.54, 1.807) is 18.2 Å². The van der Waals surface area contributed by atoms with E-state index in [1.165, 1.54) is 19.3 Å². The predicted octanol–water partition coefficient (Wildman–Crippen LogP) is 1.25. The first-order valence-electron chi connectivity index (χ1n) is 7.91. The van der Waals surface area contributed by atoms with Gasteiger partial charge in [-0.1, -0.05) is 6.07 Å². The summed E-state index contributed by atoms with van der Waals surface area (Å²) in [6.45, 7) is 3.21. The van der Waals surface area contributed by atoms with Crippen LogP contribution in [0.5, 0.6) is 11.5 Å². The quantitative estimate of drug-likeness (QED) is 0.363. The third-order valence-corrected chi connectivity index (χ3v) is 3.27. The highest BCUT2D eigenvalue weighted by molar-refractivity contribution is 5.91. The second-order valence-electron chi connectivity index (χ2n) is 5.15. The Balaban J connectivity index is 2.21. The summed E-state index contributed by atoms with van der Waals surface area (Å²) in [7, 11) is 1.49. The minimum atomic E-state index is -0.139. The second-order valence-corrected chi connectivity index (χ2v) is 5.15. The average Bonchev–Trinajstić information content (AvgIpc) is 2.56. The van der Waals surface area contributed by atoms with Gasteiger partial charge in [0.1, 0.15) is 0 Å². The molecule has 6 nitrogen and oxygen atoms in total. The maximum Gasteiger partial charge on any atom is 0.243 e. The first kappa shape index (κ1) is 19.0. The van der Waals surface area contributed by atoms with Crippen molar-refractivity contribution in [3.05, 3.63) is 29.8 Å². The Morgan fingerprint density at radius 3 is 2.78 bits per heavy atom. The summed E-state index contributed by atoms with van der Waals surface area (Å²) >= 11 is 0. The third-order valence-electron chi connectivity index (χ3n) is 3.27. The van der Waals surface area contributed by atoms with Crippen molar-refractivity contribution in [1.82, 2.24) is 10.6 Å². The molecule has 0 aromatic heterocycles. The summed E-state index contributed by atoms with van der Waals surface area (Å²) < 4.78 is 5.02. The van der Waals surface area contributed by atoms with Gasteiger partial charge in [0.2, 0.25) is 5.91 Å². The number of benzene rings is 1. The zero-order valence-corrected chi connectivity index (χ0v) is 13.7. The largest absolute Gasteiger partial charge is 0.504 e. The van der Waals surface area contributed by atoms with Crippen molar-refractivity contribution in [1.29, 1.82) is 0 Å². The van der Waals surface area contributed by atoms with E-state index in [1.807, 2.05) is 0 Å². The molecule has 0 aliphatic heterocycles. The second kappa shape index (κ2) is 11.5. The lowest BCUT2D eigenvalue weighted by atomic mass is 10.2. The van der Waals surface area contributed by atoms with Gasteiger partial charge in [0.15, 0.2) is 11.5 Å². The monoisotopic (exact) mass is 321 g/mol. The molecule has 0 radical (unpaired) electrons. The van der Waals surface area contributed by atoms with Gasteiger partial charge < -0.3 is 26.2 Å². The van der Waals surface area contributed by atoms with E-state index in [0.717, 1.165) is 44.5 Å². The molecule has 0 aliphatic rings. The molecule has 6 heteroatoms. The molecule has 0 fully saturated rings. The fourth-order valence-corrected chi connectivity index (χ4v) is 1.97. The summed E-state index contributed by atoms with van der Waals surface area (Å²) in [6, 6.07) is 4.92. The zero-order valence-electron chi connectivity index (χ0n) is 13.7. The third kappa shape index (κ3) is 8.23. The molecule has 128 valence electrons. The van der Waals surface area contributed by atoms with Crippen LogP contribution in [0.15, 0.2) is 24.3 Å². The van der Waals surface area contributed by atoms with E-state index in [4.69, 9.17) is 10.5 Å². The van der Waals surface area contributed by atoms with Crippen LogP contribution in [0.3, 0.4) is 0 Å². The van der Waals surface area contributed by atoms with E-state index in [9.17, 15) is 9.90 Å². The van der Waals surface area contributed by atoms with E-state index < -0.39 is 0 Å². The molecule has 0 atom stereocenters. The molecule has 0 heterocycles. The number of methoxy groups -OCH3 is 1. The van der Waals surface area contributed by atoms with Crippen LogP contribution >= 0.6 is 0 Å². The fraction of sp³-hybridized carbons (Fsp3) is 0.471. The number of nitrogens with one attached hydrogen (secondary N) is 2. The highest BCUT2D eigenvalue weighted by Gasteiger charge is 2.01. The molecule has 0 saturated heterocycles. The van der Waals surface area contributed by atoms with Gasteiger partial charge in [0.05, 0.1) is 7.11 Å². The van der Waals surface area contributed by atoms with Gasteiger partial charge in [0, 0.05) is 12.6 Å². The van der Waals surface area contributed by atoms with Crippen LogP contribution in [0.1, 0.15) is 24.8 Å². The molecule has 1 aromatic rings. The number of phenolic OH excluding ortho intramolecular Hbond substituents is 1. The number of unbranched alkanes of at least 4 members (excludes halogenated alkanes) is 1. The van der Waals surface area contributed by atoms with E-state index >= 15 is 0 Å². The molecule has 0 spiro atoms. The van der Waals surface area contributed by atoms with Crippen LogP contribution in [0, 0.1) is 0 Å². The van der Waals surface area contributed by atoms with Crippen molar-refractivity contribution in [2.75, 3.05) is 33.3 Å². The first-order chi connectivity index (χ1) is 11.2. The number of aromatic hydroxyl groups is 1. The van der Waals surface area contributed by atoms with Crippen molar-refractivity contribution in [3.63, 3.8) is 0 Å². The van der Waals surface area contributed by atoms with Crippen LogP contribution < -0.4 is 21.1 Å². The highest BCUT2D eigenvalue weighted by atomic mass is 16.5. The molecule has 0 bridgehead atoms. The van der Waals surface area contributed by atoms with E-state index in [0.29, 0.717) is 12.3 Å². The van der Waals surface area contributed by atoms with E-state index in [-0.39, 0.29) is 11.7 Å². The summed E-state index contributed by atoms with van der Waals surface area (Å²) in [6.07, 6.45) is 6.16. The maximum atomic E-state index is 11.7. The molecule has 23 heavy (non-hydrogen) atoms. The first-order valence-corrected chi connectivity index (χ1v) is 7.91. The Bertz CT molecular complexity index is 504. The molecular formula is C17H27N3O3. The lowest BCUT2D eigenvalue weighted by Crippen LogP contribution is -2.26. The van der Waals surface area contributed by atoms with Gasteiger partial charge in [0.25, 0.3) is 0 Å². The average molecular weight is 321 g/mol. The van der Waals surface area contributed by atoms with Crippen molar-refractivity contribution in [3.8, 4) is 11.5 Å². The predicted molar refractivity (Wildman–Crippen MR) is 92.5 cm³/mol. The van der Waals surface area contributed by atoms with Gasteiger partial charge in [-0.3, -0.25) is 4.79 Å². The Morgan fingerprint density at radius 2 is 2.04 bits per heavy atom. The number of carbonyl (C=O) groups is 1. The number of hydrogen-bond donors (Lipinski definition) is 4. The molecule has 0 aliphatic carbocycles. The lowest BCUT2D eigenvalue weighted by molar-refractivity contribution is -0.116. The number of amides is 1. The summed E-state index contributed by atoms with van der Waals surface area (Å²) in [5.74, 6) is 0.321. The standard InChI is InChI=1S/C17H27N3O3/c1-23-16-13-14(5-7-15(16)21)6-8-17(22)20-12-4-11-19-10-3-2-9-18/h5-8,13,19,21H,2-4,9-12,18H2,1H3,(H,20,22)/b8-6+. The maximum absolute atomic E-state index is 11.7. The van der Waals surface area contributed by atoms with Crippen molar-refractivity contribution in [2.45, 2.75) is 19.3 Å². The van der Waals surface area contributed by atoms with Crippen molar-refractivity contribution >= 4 is 12.0 Å². The van der Waals surface area contributed by atoms with Crippen LogP contribution in [-0.2, 0) is 4.79 Å². The topological polar surface area (TPSA) is 96.6 Å². The van der Waals surface area contributed by atoms with Gasteiger partial charge >= 0.3 is 0 Å². The Kier molecular flexibility index (Phi) is 9.51. The van der Waals surface area contributed by atoms with Gasteiger partial charge in [-0.15, -0.1) is 0 Å². The fourth-order valence-electron chi connectivity index (χ4n) is 1.97. The number of phenols is 1. The number of ether oxygens (including phenoxy) is 1. The summed E-state index contributed by atoms with van der Waals surface area (Å²) in [5, 5.41) is 15.6. The molecule has 1 rings (SSSR count). The Hall–Kier alpha value is -2.05. The normalized spacial score (nSPS) is 10.9. The number of nitrogens with two attached hydrogens (primary N) is 1. The molecule has 5 N–H and O–H groups in total. The molecule has 0 unspecified atom stereocenters. The molecule has 1 amide bonds. The van der Waals surface area contributed by atoms with Crippen molar-refractivity contribution < 1.29 is 14.6 Å². The van der Waals surface area contributed by atoms with Gasteiger partial charge in [-0.05, 0) is 62.7 Å². The summed E-state index contributed by atoms with van der Waals surface area (Å²) in [5.41, 5.74) is 6.21. The van der Waals surface area contributed by atoms with Crippen LogP contribution in [-0.4, -0.2) is 44.3 Å². The smallest absolute Gasteiger partial charge is 0.243 e. The Morgan fingerprint density at radius 1 is 1.26 bits per heavy atom. The minimum absolute atomic E-state index is 0.0769. The lowest BCUT2D eigenvalue weighted by Gasteiger charge is -2.05. The molecular weight excluding hydrogens is 294 g/mol. The molecule has 0 saturated carbocycles. The number of carbonyl (C=O) groups excluding carboxylic acids is 1. The zero-order chi connectivity index (χ0) is 16.9. The SMILES string of the molecule is COc1cc(/C=C/C(=O)NCCCNCCCCN)ccc1O. The number of rotatable bonds is 11. The number of hydrogen-bond acceptors (Lipinski definition) is 5. The van der Waals surface area contributed by atoms with Crippen LogP contribution in [0.25, 0.3) is 6.08 Å². The van der Waals surface area contributed by atoms with Gasteiger partial charge in [-0.2, -0.15) is 0 Å². The summed E-state index contributed by atoms with van der Waals surface area (Å²) in [4.78, 5) is 11.7. The molecule has 1 aromatic carbocycles.